The molecule has 16 heavy (non-hydrogen) atoms. The fraction of sp³-hybridized carbons (Fsp3) is 0.727. The molecule has 1 aromatic heterocycles. The molecular weight excluding hydrogens is 204 g/mol. The van der Waals surface area contributed by atoms with Crippen molar-refractivity contribution in [3.8, 4) is 0 Å². The Balaban J connectivity index is 1.57. The van der Waals surface area contributed by atoms with Crippen LogP contribution in [0.5, 0.6) is 0 Å². The van der Waals surface area contributed by atoms with Gasteiger partial charge in [0.25, 0.3) is 0 Å². The zero-order chi connectivity index (χ0) is 11.1. The number of nitrogens with one attached hydrogen (secondary N) is 2. The molecule has 3 rings (SSSR count). The monoisotopic (exact) mass is 220 g/mol. The van der Waals surface area contributed by atoms with E-state index in [0.717, 1.165) is 5.82 Å². The van der Waals surface area contributed by atoms with Crippen molar-refractivity contribution in [1.82, 2.24) is 20.5 Å². The molecule has 5 heteroatoms. The smallest absolute Gasteiger partial charge is 0.224 e. The minimum absolute atomic E-state index is 0.0728. The maximum Gasteiger partial charge on any atom is 0.224 e. The zero-order valence-corrected chi connectivity index (χ0v) is 9.31. The number of carbonyl (C=O) groups is 1. The van der Waals surface area contributed by atoms with Crippen LogP contribution in [0, 0.1) is 17.8 Å². The number of aromatic nitrogens is 3. The molecule has 3 unspecified atom stereocenters. The van der Waals surface area contributed by atoms with Crippen molar-refractivity contribution in [3.63, 3.8) is 0 Å². The highest BCUT2D eigenvalue weighted by Gasteiger charge is 2.56. The molecule has 1 heterocycles. The lowest BCUT2D eigenvalue weighted by Gasteiger charge is -2.11. The Bertz CT molecular complexity index is 379. The Morgan fingerprint density at radius 3 is 2.94 bits per heavy atom. The maximum absolute atomic E-state index is 12.0. The largest absolute Gasteiger partial charge is 0.346 e. The first kappa shape index (κ1) is 9.81. The second kappa shape index (κ2) is 3.57. The van der Waals surface area contributed by atoms with Crippen LogP contribution in [-0.2, 0) is 4.79 Å². The Kier molecular flexibility index (Phi) is 2.19. The van der Waals surface area contributed by atoms with Crippen molar-refractivity contribution in [1.29, 1.82) is 0 Å². The summed E-state index contributed by atoms with van der Waals surface area (Å²) in [7, 11) is 0. The minimum atomic E-state index is -0.0728. The van der Waals surface area contributed by atoms with E-state index in [9.17, 15) is 4.79 Å². The molecule has 2 aliphatic carbocycles. The summed E-state index contributed by atoms with van der Waals surface area (Å²) in [5, 5.41) is 9.56. The molecule has 0 radical (unpaired) electrons. The lowest BCUT2D eigenvalue weighted by Crippen LogP contribution is -2.30. The van der Waals surface area contributed by atoms with Crippen molar-refractivity contribution < 1.29 is 4.79 Å². The first-order chi connectivity index (χ1) is 7.77. The molecule has 0 aliphatic heterocycles. The predicted molar refractivity (Wildman–Crippen MR) is 57.3 cm³/mol. The Morgan fingerprint density at radius 2 is 2.31 bits per heavy atom. The second-order valence-electron chi connectivity index (χ2n) is 4.89. The third kappa shape index (κ3) is 1.50. The number of H-pyrrole nitrogens is 1. The highest BCUT2D eigenvalue weighted by atomic mass is 16.2. The van der Waals surface area contributed by atoms with Gasteiger partial charge in [-0.2, -0.15) is 5.10 Å². The topological polar surface area (TPSA) is 70.7 Å². The maximum atomic E-state index is 12.0. The van der Waals surface area contributed by atoms with E-state index in [4.69, 9.17) is 0 Å². The van der Waals surface area contributed by atoms with E-state index in [1.807, 2.05) is 6.92 Å². The second-order valence-corrected chi connectivity index (χ2v) is 4.89. The van der Waals surface area contributed by atoms with Gasteiger partial charge in [0.05, 0.1) is 6.04 Å². The highest BCUT2D eigenvalue weighted by Crippen LogP contribution is 2.57. The van der Waals surface area contributed by atoms with Gasteiger partial charge in [-0.05, 0) is 31.6 Å². The van der Waals surface area contributed by atoms with Gasteiger partial charge in [-0.25, -0.2) is 4.98 Å². The summed E-state index contributed by atoms with van der Waals surface area (Å²) in [4.78, 5) is 16.0. The lowest BCUT2D eigenvalue weighted by molar-refractivity contribution is -0.123. The van der Waals surface area contributed by atoms with Crippen molar-refractivity contribution in [2.24, 2.45) is 17.8 Å². The molecule has 0 aromatic carbocycles. The molecule has 2 aliphatic rings. The van der Waals surface area contributed by atoms with Gasteiger partial charge in [-0.3, -0.25) is 9.89 Å². The van der Waals surface area contributed by atoms with Crippen LogP contribution in [0.4, 0.5) is 0 Å². The molecule has 5 nitrogen and oxygen atoms in total. The average molecular weight is 220 g/mol. The number of carbonyl (C=O) groups excluding carboxylic acids is 1. The molecule has 1 aromatic rings. The Hall–Kier alpha value is -1.39. The van der Waals surface area contributed by atoms with Crippen LogP contribution in [0.2, 0.25) is 0 Å². The van der Waals surface area contributed by atoms with Crippen LogP contribution in [0.1, 0.15) is 38.1 Å². The fourth-order valence-corrected chi connectivity index (χ4v) is 3.01. The quantitative estimate of drug-likeness (QED) is 0.799. The molecule has 1 amide bonds. The van der Waals surface area contributed by atoms with Gasteiger partial charge in [0.15, 0.2) is 0 Å². The van der Waals surface area contributed by atoms with E-state index in [2.05, 4.69) is 20.5 Å². The molecule has 86 valence electrons. The predicted octanol–water partition coefficient (Wildman–Crippen LogP) is 1.03. The van der Waals surface area contributed by atoms with Gasteiger partial charge < -0.3 is 5.32 Å². The minimum Gasteiger partial charge on any atom is -0.346 e. The van der Waals surface area contributed by atoms with Crippen molar-refractivity contribution in [2.45, 2.75) is 32.2 Å². The van der Waals surface area contributed by atoms with Crippen LogP contribution in [-0.4, -0.2) is 21.1 Å². The summed E-state index contributed by atoms with van der Waals surface area (Å²) < 4.78 is 0. The van der Waals surface area contributed by atoms with Crippen LogP contribution in [0.25, 0.3) is 0 Å². The Morgan fingerprint density at radius 1 is 1.56 bits per heavy atom. The molecule has 0 bridgehead atoms. The van der Waals surface area contributed by atoms with Gasteiger partial charge >= 0.3 is 0 Å². The lowest BCUT2D eigenvalue weighted by atomic mass is 10.1. The van der Waals surface area contributed by atoms with Crippen LogP contribution < -0.4 is 5.32 Å². The van der Waals surface area contributed by atoms with E-state index in [1.54, 1.807) is 0 Å². The molecule has 0 saturated heterocycles. The van der Waals surface area contributed by atoms with Gasteiger partial charge in [0.1, 0.15) is 12.2 Å². The normalized spacial score (nSPS) is 33.2. The van der Waals surface area contributed by atoms with Gasteiger partial charge in [-0.15, -0.1) is 0 Å². The van der Waals surface area contributed by atoms with E-state index in [0.29, 0.717) is 11.8 Å². The van der Waals surface area contributed by atoms with Crippen LogP contribution >= 0.6 is 0 Å². The number of nitrogens with zero attached hydrogens (tertiary/aromatic N) is 2. The molecule has 2 N–H and O–H groups in total. The summed E-state index contributed by atoms with van der Waals surface area (Å²) in [6, 6.07) is -0.0728. The zero-order valence-electron chi connectivity index (χ0n) is 9.31. The van der Waals surface area contributed by atoms with Crippen LogP contribution in [0.15, 0.2) is 6.33 Å². The molecular formula is C11H16N4O. The first-order valence-corrected chi connectivity index (χ1v) is 5.93. The Labute approximate surface area is 94.0 Å². The molecule has 2 fully saturated rings. The number of aromatic amines is 1. The number of hydrogen-bond donors (Lipinski definition) is 2. The van der Waals surface area contributed by atoms with Crippen LogP contribution in [0.3, 0.4) is 0 Å². The number of rotatable bonds is 3. The van der Waals surface area contributed by atoms with Crippen molar-refractivity contribution in [3.05, 3.63) is 12.2 Å². The number of hydrogen-bond acceptors (Lipinski definition) is 3. The van der Waals surface area contributed by atoms with Gasteiger partial charge in [0, 0.05) is 5.92 Å². The third-order valence-corrected chi connectivity index (χ3v) is 3.91. The summed E-state index contributed by atoms with van der Waals surface area (Å²) in [5.41, 5.74) is 0. The number of fused-ring (bicyclic) bond motifs is 1. The fourth-order valence-electron chi connectivity index (χ4n) is 3.01. The first-order valence-electron chi connectivity index (χ1n) is 5.93. The van der Waals surface area contributed by atoms with Gasteiger partial charge in [0.2, 0.25) is 5.91 Å². The van der Waals surface area contributed by atoms with E-state index >= 15 is 0 Å². The summed E-state index contributed by atoms with van der Waals surface area (Å²) in [5.74, 6) is 2.53. The summed E-state index contributed by atoms with van der Waals surface area (Å²) >= 11 is 0. The standard InChI is InChI=1S/C11H16N4O/c1-6(10-12-5-13-15-10)14-11(16)9-7-3-2-4-8(7)9/h5-9H,2-4H2,1H3,(H,14,16)(H,12,13,15). The van der Waals surface area contributed by atoms with Gasteiger partial charge in [-0.1, -0.05) is 6.42 Å². The van der Waals surface area contributed by atoms with E-state index in [-0.39, 0.29) is 17.9 Å². The molecule has 0 spiro atoms. The molecule has 2 saturated carbocycles. The third-order valence-electron chi connectivity index (χ3n) is 3.91. The summed E-state index contributed by atoms with van der Waals surface area (Å²) in [6.45, 7) is 1.93. The molecule has 3 atom stereocenters. The van der Waals surface area contributed by atoms with Crippen molar-refractivity contribution >= 4 is 5.91 Å². The van der Waals surface area contributed by atoms with E-state index in [1.165, 1.54) is 25.6 Å². The SMILES string of the molecule is CC(NC(=O)C1C2CCCC21)c1ncn[nH]1. The average Bonchev–Trinajstić information content (AvgIpc) is 2.76. The van der Waals surface area contributed by atoms with Crippen molar-refractivity contribution in [2.75, 3.05) is 0 Å². The summed E-state index contributed by atoms with van der Waals surface area (Å²) in [6.07, 6.45) is 5.24. The van der Waals surface area contributed by atoms with E-state index < -0.39 is 0 Å². The number of amides is 1. The highest BCUT2D eigenvalue weighted by molar-refractivity contribution is 5.82.